The molecule has 2 aliphatic heterocycles. The molecule has 0 saturated carbocycles. The van der Waals surface area contributed by atoms with E-state index in [1.54, 1.807) is 82.8 Å². The van der Waals surface area contributed by atoms with Gasteiger partial charge >= 0.3 is 17.9 Å². The number of β-amino-alcohol motifs (C(OH)–C–C–N with tert-alkyl or cyclic N) is 1. The molecule has 0 aliphatic carbocycles. The molecule has 7 unspecified atom stereocenters. The van der Waals surface area contributed by atoms with E-state index < -0.39 is 72.1 Å². The van der Waals surface area contributed by atoms with E-state index in [9.17, 15) is 44.4 Å². The minimum absolute atomic E-state index is 0.00702. The van der Waals surface area contributed by atoms with Crippen LogP contribution in [0.15, 0.2) is 122 Å². The molecule has 2 fully saturated rings. The van der Waals surface area contributed by atoms with E-state index in [2.05, 4.69) is 76.6 Å². The summed E-state index contributed by atoms with van der Waals surface area (Å²) < 4.78 is 29.5. The maximum absolute atomic E-state index is 14.1. The van der Waals surface area contributed by atoms with E-state index in [-0.39, 0.29) is 74.3 Å². The molecule has 5 rings (SSSR count). The zero-order valence-electron chi connectivity index (χ0n) is 47.7. The number of carbonyl (C=O) groups excluding carboxylic acids is 5. The summed E-state index contributed by atoms with van der Waals surface area (Å²) in [5.74, 6) is -1.31. The summed E-state index contributed by atoms with van der Waals surface area (Å²) in [6, 6.07) is 15.3. The van der Waals surface area contributed by atoms with Gasteiger partial charge in [-0.1, -0.05) is 121 Å². The standard InChI is InChI=1S/C61H83N5O15S2/c1-4-5-6-7-8-9-10-11-12-13-14-15-16-17-18-19-30-52(70)76-43-61(2,3)56(57(73)64-33-31-51(69)63-34-38-82-83-39-35-65-77-37-36-66-41-48(68)54(72)53(71)47(66)42-67)81-60-55(80-60)45-26-20-22-28-49(45)79-59(75)46-27-21-23-29-50(46)78-58(74)44-25-24-32-62-40-44/h5-6,8-9,11-12,16-17,20-29,32,40,47-48,53-56,60,65,67-68,71-72H,4,7,10,13-15,18-19,30-31,33-39,41-43H2,1-3H3,(H,63,69)(H,64,73). The second kappa shape index (κ2) is 38.2. The Kier molecular flexibility index (Phi) is 31.3. The van der Waals surface area contributed by atoms with Crippen LogP contribution in [0, 0.1) is 5.41 Å². The number of benzene rings is 2. The van der Waals surface area contributed by atoms with Crippen molar-refractivity contribution in [3.8, 4) is 11.5 Å². The van der Waals surface area contributed by atoms with Crippen LogP contribution in [0.3, 0.4) is 0 Å². The minimum atomic E-state index is -1.32. The Labute approximate surface area is 495 Å². The molecule has 3 heterocycles. The number of amides is 2. The quantitative estimate of drug-likeness (QED) is 0.00581. The number of esters is 3. The Balaban J connectivity index is 1.07. The smallest absolute Gasteiger partial charge is 0.347 e. The maximum Gasteiger partial charge on any atom is 0.347 e. The van der Waals surface area contributed by atoms with Crippen LogP contribution < -0.4 is 25.6 Å². The van der Waals surface area contributed by atoms with Gasteiger partial charge in [0.25, 0.3) is 0 Å². The number of carbonyl (C=O) groups is 5. The Morgan fingerprint density at radius 2 is 1.46 bits per heavy atom. The van der Waals surface area contributed by atoms with Crippen LogP contribution in [-0.4, -0.2) is 161 Å². The highest BCUT2D eigenvalue weighted by Crippen LogP contribution is 2.46. The summed E-state index contributed by atoms with van der Waals surface area (Å²) >= 11 is 0. The number of rotatable bonds is 39. The molecule has 7 N–H and O–H groups in total. The van der Waals surface area contributed by atoms with Gasteiger partial charge in [-0.15, -0.1) is 0 Å². The number of piperidine rings is 1. The summed E-state index contributed by atoms with van der Waals surface area (Å²) in [6.07, 6.45) is 20.9. The van der Waals surface area contributed by atoms with Crippen LogP contribution in [0.2, 0.25) is 0 Å². The van der Waals surface area contributed by atoms with Crippen molar-refractivity contribution in [3.63, 3.8) is 0 Å². The van der Waals surface area contributed by atoms with E-state index in [4.69, 9.17) is 28.5 Å². The van der Waals surface area contributed by atoms with Crippen LogP contribution in [0.5, 0.6) is 11.5 Å². The van der Waals surface area contributed by atoms with Gasteiger partial charge in [0, 0.05) is 80.4 Å². The van der Waals surface area contributed by atoms with Gasteiger partial charge in [0.15, 0.2) is 6.29 Å². The van der Waals surface area contributed by atoms with Crippen molar-refractivity contribution in [1.82, 2.24) is 26.0 Å². The number of unbranched alkanes of at least 4 members (excludes halogenated alkanes) is 3. The fourth-order valence-electron chi connectivity index (χ4n) is 8.54. The van der Waals surface area contributed by atoms with Gasteiger partial charge < -0.3 is 59.6 Å². The first kappa shape index (κ1) is 68.0. The number of nitrogens with one attached hydrogen (secondary N) is 3. The first-order chi connectivity index (χ1) is 40.2. The lowest BCUT2D eigenvalue weighted by atomic mass is 9.86. The van der Waals surface area contributed by atoms with Gasteiger partial charge in [-0.3, -0.25) is 24.3 Å². The third kappa shape index (κ3) is 24.8. The Morgan fingerprint density at radius 1 is 0.783 bits per heavy atom. The number of aliphatic hydroxyl groups excluding tert-OH is 4. The summed E-state index contributed by atoms with van der Waals surface area (Å²) in [5.41, 5.74) is 2.40. The van der Waals surface area contributed by atoms with Crippen LogP contribution >= 0.6 is 21.6 Å². The number of epoxide rings is 1. The Morgan fingerprint density at radius 3 is 2.19 bits per heavy atom. The molecular formula is C61H83N5O15S2. The third-order valence-electron chi connectivity index (χ3n) is 13.2. The topological polar surface area (TPSA) is 277 Å². The maximum atomic E-state index is 14.1. The number of para-hydroxylation sites is 2. The number of likely N-dealkylation sites (tertiary alicyclic amines) is 1. The van der Waals surface area contributed by atoms with Gasteiger partial charge in [0.2, 0.25) is 11.8 Å². The van der Waals surface area contributed by atoms with Gasteiger partial charge in [-0.05, 0) is 81.7 Å². The van der Waals surface area contributed by atoms with Crippen LogP contribution in [0.1, 0.15) is 117 Å². The molecule has 0 spiro atoms. The molecule has 20 nitrogen and oxygen atoms in total. The lowest BCUT2D eigenvalue weighted by Gasteiger charge is -2.42. The summed E-state index contributed by atoms with van der Waals surface area (Å²) in [7, 11) is 3.14. The third-order valence-corrected chi connectivity index (χ3v) is 15.6. The zero-order chi connectivity index (χ0) is 59.7. The molecule has 2 aliphatic rings. The number of hydroxylamine groups is 1. The highest BCUT2D eigenvalue weighted by molar-refractivity contribution is 8.76. The number of nitrogens with zero attached hydrogens (tertiary/aromatic N) is 2. The number of allylic oxidation sites excluding steroid dienone is 8. The van der Waals surface area contributed by atoms with Gasteiger partial charge in [0.1, 0.15) is 41.5 Å². The average Bonchev–Trinajstić information content (AvgIpc) is 4.37. The van der Waals surface area contributed by atoms with Crippen molar-refractivity contribution in [1.29, 1.82) is 0 Å². The lowest BCUT2D eigenvalue weighted by molar-refractivity contribution is -0.161. The molecule has 2 saturated heterocycles. The largest absolute Gasteiger partial charge is 0.465 e. The minimum Gasteiger partial charge on any atom is -0.465 e. The molecule has 0 radical (unpaired) electrons. The summed E-state index contributed by atoms with van der Waals surface area (Å²) in [6.45, 7) is 6.62. The van der Waals surface area contributed by atoms with Crippen LogP contribution in [0.25, 0.3) is 0 Å². The molecule has 83 heavy (non-hydrogen) atoms. The van der Waals surface area contributed by atoms with E-state index in [0.717, 1.165) is 38.5 Å². The highest BCUT2D eigenvalue weighted by atomic mass is 33.1. The molecule has 3 aromatic rings. The molecule has 0 bridgehead atoms. The Bertz CT molecular complexity index is 2570. The fourth-order valence-corrected chi connectivity index (χ4v) is 10.3. The molecule has 1 aromatic heterocycles. The van der Waals surface area contributed by atoms with E-state index in [1.165, 1.54) is 30.6 Å². The predicted molar refractivity (Wildman–Crippen MR) is 318 cm³/mol. The van der Waals surface area contributed by atoms with Crippen molar-refractivity contribution in [2.75, 3.05) is 64.1 Å². The SMILES string of the molecule is CCC=CCC=CCC=CCCCC=CCCCC(=O)OCC(C)(C)C(OC1OC1c1ccccc1OC(=O)c1ccccc1OC(=O)c1cccnc1)C(=O)NCCC(=O)NCCSSCCNOCCN1CC(O)C(O)C(O)C1CO. The summed E-state index contributed by atoms with van der Waals surface area (Å²) in [5, 5.41) is 45.3. The number of hydrogen-bond donors (Lipinski definition) is 7. The predicted octanol–water partition coefficient (Wildman–Crippen LogP) is 6.91. The van der Waals surface area contributed by atoms with Crippen molar-refractivity contribution >= 4 is 51.3 Å². The summed E-state index contributed by atoms with van der Waals surface area (Å²) in [4.78, 5) is 77.5. The number of aromatic nitrogens is 1. The normalized spacial score (nSPS) is 19.6. The highest BCUT2D eigenvalue weighted by Gasteiger charge is 2.49. The Hall–Kier alpha value is -5.76. The average molecular weight is 1190 g/mol. The molecular weight excluding hydrogens is 1110 g/mol. The number of hydrogen-bond acceptors (Lipinski definition) is 20. The first-order valence-electron chi connectivity index (χ1n) is 28.3. The fraction of sp³-hybridized carbons (Fsp3) is 0.508. The first-order valence-corrected chi connectivity index (χ1v) is 30.8. The second-order valence-electron chi connectivity index (χ2n) is 20.3. The van der Waals surface area contributed by atoms with Gasteiger partial charge in [0.05, 0.1) is 37.5 Å². The van der Waals surface area contributed by atoms with Gasteiger partial charge in [-0.25, -0.2) is 15.1 Å². The van der Waals surface area contributed by atoms with Crippen LogP contribution in [-0.2, 0) is 33.4 Å². The number of aliphatic hydroxyl groups is 4. The van der Waals surface area contributed by atoms with Crippen molar-refractivity contribution in [2.24, 2.45) is 5.41 Å². The van der Waals surface area contributed by atoms with Gasteiger partial charge in [-0.2, -0.15) is 0 Å². The molecule has 2 amide bonds. The molecule has 22 heteroatoms. The molecule has 454 valence electrons. The van der Waals surface area contributed by atoms with Crippen molar-refractivity contribution in [2.45, 2.75) is 128 Å². The number of pyridine rings is 1. The van der Waals surface area contributed by atoms with Crippen molar-refractivity contribution in [3.05, 3.63) is 138 Å². The van der Waals surface area contributed by atoms with Crippen molar-refractivity contribution < 1.29 is 72.9 Å². The number of ether oxygens (including phenoxy) is 5. The zero-order valence-corrected chi connectivity index (χ0v) is 49.4. The van der Waals surface area contributed by atoms with E-state index in [0.29, 0.717) is 49.5 Å². The molecule has 7 atom stereocenters. The van der Waals surface area contributed by atoms with E-state index in [1.807, 2.05) is 0 Å². The molecule has 2 aromatic carbocycles. The monoisotopic (exact) mass is 1190 g/mol. The van der Waals surface area contributed by atoms with E-state index >= 15 is 0 Å². The van der Waals surface area contributed by atoms with Crippen LogP contribution in [0.4, 0.5) is 0 Å². The lowest BCUT2D eigenvalue weighted by Crippen LogP contribution is -2.63. The second-order valence-corrected chi connectivity index (χ2v) is 23.0.